The van der Waals surface area contributed by atoms with Crippen molar-refractivity contribution in [3.63, 3.8) is 0 Å². The van der Waals surface area contributed by atoms with E-state index in [2.05, 4.69) is 5.32 Å². The molecule has 0 aromatic heterocycles. The predicted molar refractivity (Wildman–Crippen MR) is 84.9 cm³/mol. The molecule has 0 heterocycles. The molecule has 0 unspecified atom stereocenters. The molecule has 0 radical (unpaired) electrons. The highest BCUT2D eigenvalue weighted by Crippen LogP contribution is 2.27. The van der Waals surface area contributed by atoms with Crippen molar-refractivity contribution in [1.29, 1.82) is 0 Å². The Labute approximate surface area is 137 Å². The van der Waals surface area contributed by atoms with E-state index in [0.29, 0.717) is 11.3 Å². The summed E-state index contributed by atoms with van der Waals surface area (Å²) in [5.74, 6) is 0. The number of benzene rings is 2. The monoisotopic (exact) mass is 356 g/mol. The SMILES string of the molecule is CS(=O)(=O)c1cc(NCc2ccc(C(F)F)cc2)ccc1[N+](=O)[O-]. The molecule has 0 spiro atoms. The van der Waals surface area contributed by atoms with Crippen LogP contribution in [0.1, 0.15) is 17.6 Å². The van der Waals surface area contributed by atoms with Gasteiger partial charge in [-0.2, -0.15) is 0 Å². The third kappa shape index (κ3) is 4.25. The lowest BCUT2D eigenvalue weighted by Gasteiger charge is -2.09. The van der Waals surface area contributed by atoms with Crippen molar-refractivity contribution >= 4 is 21.2 Å². The predicted octanol–water partition coefficient (Wildman–Crippen LogP) is 3.55. The second kappa shape index (κ2) is 6.91. The maximum atomic E-state index is 12.5. The maximum absolute atomic E-state index is 12.5. The minimum absolute atomic E-state index is 0.0894. The van der Waals surface area contributed by atoms with Crippen molar-refractivity contribution in [2.45, 2.75) is 17.9 Å². The first kappa shape index (κ1) is 17.8. The van der Waals surface area contributed by atoms with Gasteiger partial charge in [-0.1, -0.05) is 24.3 Å². The molecule has 0 aliphatic heterocycles. The van der Waals surface area contributed by atoms with Crippen LogP contribution in [-0.2, 0) is 16.4 Å². The Bertz CT molecular complexity index is 852. The van der Waals surface area contributed by atoms with Crippen LogP contribution in [0.3, 0.4) is 0 Å². The van der Waals surface area contributed by atoms with Crippen molar-refractivity contribution in [2.75, 3.05) is 11.6 Å². The van der Waals surface area contributed by atoms with Gasteiger partial charge in [0.15, 0.2) is 9.84 Å². The molecule has 0 aliphatic carbocycles. The van der Waals surface area contributed by atoms with Gasteiger partial charge in [0.2, 0.25) is 0 Å². The number of nitrogens with zero attached hydrogens (tertiary/aromatic N) is 1. The zero-order valence-corrected chi connectivity index (χ0v) is 13.4. The molecule has 0 aliphatic rings. The summed E-state index contributed by atoms with van der Waals surface area (Å²) < 4.78 is 48.3. The lowest BCUT2D eigenvalue weighted by molar-refractivity contribution is -0.387. The highest BCUT2D eigenvalue weighted by Gasteiger charge is 2.22. The number of halogens is 2. The number of nitro benzene ring substituents is 1. The molecule has 2 aromatic carbocycles. The van der Waals surface area contributed by atoms with Gasteiger partial charge in [-0.25, -0.2) is 17.2 Å². The summed E-state index contributed by atoms with van der Waals surface area (Å²) >= 11 is 0. The summed E-state index contributed by atoms with van der Waals surface area (Å²) in [4.78, 5) is 9.76. The van der Waals surface area contributed by atoms with Gasteiger partial charge in [0.25, 0.3) is 12.1 Å². The molecule has 0 saturated heterocycles. The highest BCUT2D eigenvalue weighted by atomic mass is 32.2. The lowest BCUT2D eigenvalue weighted by atomic mass is 10.1. The Balaban J connectivity index is 2.20. The maximum Gasteiger partial charge on any atom is 0.288 e. The lowest BCUT2D eigenvalue weighted by Crippen LogP contribution is -2.05. The van der Waals surface area contributed by atoms with Crippen molar-refractivity contribution in [1.82, 2.24) is 0 Å². The zero-order valence-electron chi connectivity index (χ0n) is 12.6. The van der Waals surface area contributed by atoms with Gasteiger partial charge in [-0.15, -0.1) is 0 Å². The normalized spacial score (nSPS) is 11.5. The summed E-state index contributed by atoms with van der Waals surface area (Å²) in [6, 6.07) is 9.34. The smallest absolute Gasteiger partial charge is 0.288 e. The quantitative estimate of drug-likeness (QED) is 0.631. The van der Waals surface area contributed by atoms with E-state index in [4.69, 9.17) is 0 Å². The fourth-order valence-electron chi connectivity index (χ4n) is 2.06. The van der Waals surface area contributed by atoms with E-state index >= 15 is 0 Å². The van der Waals surface area contributed by atoms with Crippen LogP contribution >= 0.6 is 0 Å². The molecule has 24 heavy (non-hydrogen) atoms. The van der Waals surface area contributed by atoms with Gasteiger partial charge >= 0.3 is 0 Å². The standard InChI is InChI=1S/C15H14F2N2O4S/c1-24(22,23)14-8-12(6-7-13(14)19(20)21)18-9-10-2-4-11(5-3-10)15(16)17/h2-8,15,18H,9H2,1H3. The molecule has 0 bridgehead atoms. The molecule has 2 rings (SSSR count). The molecule has 0 amide bonds. The summed E-state index contributed by atoms with van der Waals surface area (Å²) in [5, 5.41) is 13.8. The average molecular weight is 356 g/mol. The number of hydrogen-bond acceptors (Lipinski definition) is 5. The molecule has 0 fully saturated rings. The molecule has 0 saturated carbocycles. The summed E-state index contributed by atoms with van der Waals surface area (Å²) in [6.45, 7) is 0.254. The third-order valence-corrected chi connectivity index (χ3v) is 4.41. The van der Waals surface area contributed by atoms with Gasteiger partial charge in [0.1, 0.15) is 4.90 Å². The van der Waals surface area contributed by atoms with Crippen LogP contribution in [0.25, 0.3) is 0 Å². The molecular weight excluding hydrogens is 342 g/mol. The number of rotatable bonds is 6. The van der Waals surface area contributed by atoms with Crippen LogP contribution < -0.4 is 5.32 Å². The number of sulfone groups is 1. The van der Waals surface area contributed by atoms with Crippen LogP contribution in [0.5, 0.6) is 0 Å². The van der Waals surface area contributed by atoms with Crippen molar-refractivity contribution in [3.8, 4) is 0 Å². The Kier molecular flexibility index (Phi) is 5.13. The van der Waals surface area contributed by atoms with Crippen molar-refractivity contribution in [3.05, 3.63) is 63.7 Å². The van der Waals surface area contributed by atoms with Crippen LogP contribution in [0.2, 0.25) is 0 Å². The number of hydrogen-bond donors (Lipinski definition) is 1. The van der Waals surface area contributed by atoms with E-state index in [1.165, 1.54) is 36.4 Å². The molecule has 1 N–H and O–H groups in total. The first-order chi connectivity index (χ1) is 11.2. The Morgan fingerprint density at radius 1 is 1.17 bits per heavy atom. The summed E-state index contributed by atoms with van der Waals surface area (Å²) in [5.41, 5.74) is 0.496. The number of nitrogens with one attached hydrogen (secondary N) is 1. The Hall–Kier alpha value is -2.55. The van der Waals surface area contributed by atoms with Crippen molar-refractivity contribution in [2.24, 2.45) is 0 Å². The zero-order chi connectivity index (χ0) is 17.9. The van der Waals surface area contributed by atoms with Gasteiger partial charge in [0, 0.05) is 30.1 Å². The van der Waals surface area contributed by atoms with Gasteiger partial charge in [-0.05, 0) is 17.7 Å². The molecule has 6 nitrogen and oxygen atoms in total. The van der Waals surface area contributed by atoms with E-state index in [0.717, 1.165) is 12.3 Å². The van der Waals surface area contributed by atoms with Crippen LogP contribution in [-0.4, -0.2) is 19.6 Å². The minimum atomic E-state index is -3.76. The largest absolute Gasteiger partial charge is 0.381 e. The van der Waals surface area contributed by atoms with E-state index in [1.54, 1.807) is 0 Å². The minimum Gasteiger partial charge on any atom is -0.381 e. The van der Waals surface area contributed by atoms with Crippen LogP contribution in [0.15, 0.2) is 47.4 Å². The second-order valence-electron chi connectivity index (χ2n) is 5.11. The Morgan fingerprint density at radius 3 is 2.29 bits per heavy atom. The molecule has 2 aromatic rings. The number of alkyl halides is 2. The van der Waals surface area contributed by atoms with E-state index in [1.807, 2.05) is 0 Å². The van der Waals surface area contributed by atoms with E-state index in [-0.39, 0.29) is 17.0 Å². The van der Waals surface area contributed by atoms with Crippen molar-refractivity contribution < 1.29 is 22.1 Å². The first-order valence-corrected chi connectivity index (χ1v) is 8.67. The molecule has 9 heteroatoms. The topological polar surface area (TPSA) is 89.3 Å². The Morgan fingerprint density at radius 2 is 1.79 bits per heavy atom. The molecule has 0 atom stereocenters. The third-order valence-electron chi connectivity index (χ3n) is 3.28. The van der Waals surface area contributed by atoms with E-state index in [9.17, 15) is 27.3 Å². The first-order valence-electron chi connectivity index (χ1n) is 6.78. The average Bonchev–Trinajstić information content (AvgIpc) is 2.52. The fourth-order valence-corrected chi connectivity index (χ4v) is 2.92. The molecule has 128 valence electrons. The van der Waals surface area contributed by atoms with Crippen LogP contribution in [0.4, 0.5) is 20.2 Å². The van der Waals surface area contributed by atoms with Gasteiger partial charge in [0.05, 0.1) is 4.92 Å². The van der Waals surface area contributed by atoms with Gasteiger partial charge in [-0.3, -0.25) is 10.1 Å². The summed E-state index contributed by atoms with van der Waals surface area (Å²) in [6.07, 6.45) is -1.65. The van der Waals surface area contributed by atoms with Crippen LogP contribution in [0, 0.1) is 10.1 Å². The number of anilines is 1. The summed E-state index contributed by atoms with van der Waals surface area (Å²) in [7, 11) is -3.76. The second-order valence-corrected chi connectivity index (χ2v) is 7.09. The molecular formula is C15H14F2N2O4S. The van der Waals surface area contributed by atoms with E-state index < -0.39 is 26.9 Å². The van der Waals surface area contributed by atoms with Gasteiger partial charge < -0.3 is 5.32 Å². The fraction of sp³-hybridized carbons (Fsp3) is 0.200. The number of nitro groups is 1. The highest BCUT2D eigenvalue weighted by molar-refractivity contribution is 7.90.